The van der Waals surface area contributed by atoms with E-state index in [1.807, 2.05) is 6.07 Å². The predicted molar refractivity (Wildman–Crippen MR) is 69.8 cm³/mol. The van der Waals surface area contributed by atoms with Crippen LogP contribution in [0.1, 0.15) is 5.56 Å². The fourth-order valence-corrected chi connectivity index (χ4v) is 2.56. The lowest BCUT2D eigenvalue weighted by atomic mass is 10.1. The molecule has 2 aromatic rings. The van der Waals surface area contributed by atoms with Crippen LogP contribution in [0.15, 0.2) is 34.8 Å². The predicted octanol–water partition coefficient (Wildman–Crippen LogP) is 4.45. The maximum atomic E-state index is 13.1. The molecule has 0 saturated carbocycles. The van der Waals surface area contributed by atoms with Crippen LogP contribution in [-0.4, -0.2) is 6.61 Å². The van der Waals surface area contributed by atoms with E-state index in [1.54, 1.807) is 6.07 Å². The SMILES string of the molecule is Fc1ccc(Oc2cc(Br)c3c(c2)CCO3)cc1F. The maximum absolute atomic E-state index is 13.1. The zero-order valence-electron chi connectivity index (χ0n) is 9.75. The highest BCUT2D eigenvalue weighted by Crippen LogP contribution is 2.38. The Labute approximate surface area is 117 Å². The topological polar surface area (TPSA) is 18.5 Å². The molecular weight excluding hydrogens is 318 g/mol. The van der Waals surface area contributed by atoms with Crippen molar-refractivity contribution in [3.05, 3.63) is 52.0 Å². The van der Waals surface area contributed by atoms with Gasteiger partial charge in [0.2, 0.25) is 0 Å². The first-order chi connectivity index (χ1) is 9.13. The van der Waals surface area contributed by atoms with Crippen LogP contribution in [0.5, 0.6) is 17.2 Å². The van der Waals surface area contributed by atoms with E-state index < -0.39 is 11.6 Å². The van der Waals surface area contributed by atoms with Crippen LogP contribution in [-0.2, 0) is 6.42 Å². The third-order valence-electron chi connectivity index (χ3n) is 2.84. The van der Waals surface area contributed by atoms with Crippen molar-refractivity contribution in [2.75, 3.05) is 6.61 Å². The van der Waals surface area contributed by atoms with E-state index in [2.05, 4.69) is 15.9 Å². The van der Waals surface area contributed by atoms with Crippen molar-refractivity contribution in [3.63, 3.8) is 0 Å². The molecule has 0 atom stereocenters. The van der Waals surface area contributed by atoms with E-state index in [-0.39, 0.29) is 5.75 Å². The number of fused-ring (bicyclic) bond motifs is 1. The van der Waals surface area contributed by atoms with Gasteiger partial charge in [-0.05, 0) is 40.2 Å². The maximum Gasteiger partial charge on any atom is 0.162 e. The van der Waals surface area contributed by atoms with Crippen molar-refractivity contribution >= 4 is 15.9 Å². The third-order valence-corrected chi connectivity index (χ3v) is 3.43. The van der Waals surface area contributed by atoms with Crippen LogP contribution in [0, 0.1) is 11.6 Å². The molecule has 1 heterocycles. The number of benzene rings is 2. The molecule has 1 aliphatic heterocycles. The minimum Gasteiger partial charge on any atom is -0.492 e. The second-order valence-electron chi connectivity index (χ2n) is 4.17. The van der Waals surface area contributed by atoms with Gasteiger partial charge >= 0.3 is 0 Å². The molecule has 1 aliphatic rings. The molecule has 0 saturated heterocycles. The molecule has 0 unspecified atom stereocenters. The van der Waals surface area contributed by atoms with E-state index in [0.717, 1.165) is 34.3 Å². The summed E-state index contributed by atoms with van der Waals surface area (Å²) in [5, 5.41) is 0. The van der Waals surface area contributed by atoms with Crippen molar-refractivity contribution in [1.29, 1.82) is 0 Å². The minimum absolute atomic E-state index is 0.254. The van der Waals surface area contributed by atoms with Gasteiger partial charge in [0.25, 0.3) is 0 Å². The summed E-state index contributed by atoms with van der Waals surface area (Å²) in [6, 6.07) is 7.03. The van der Waals surface area contributed by atoms with Gasteiger partial charge in [0.15, 0.2) is 11.6 Å². The Hall–Kier alpha value is -1.62. The van der Waals surface area contributed by atoms with Gasteiger partial charge in [0.1, 0.15) is 17.2 Å². The quantitative estimate of drug-likeness (QED) is 0.811. The average molecular weight is 327 g/mol. The Morgan fingerprint density at radius 2 is 1.89 bits per heavy atom. The molecule has 2 aromatic carbocycles. The Kier molecular flexibility index (Phi) is 3.14. The molecule has 19 heavy (non-hydrogen) atoms. The first-order valence-corrected chi connectivity index (χ1v) is 6.51. The van der Waals surface area contributed by atoms with Crippen molar-refractivity contribution in [3.8, 4) is 17.2 Å². The summed E-state index contributed by atoms with van der Waals surface area (Å²) in [5.41, 5.74) is 1.03. The van der Waals surface area contributed by atoms with Crippen LogP contribution < -0.4 is 9.47 Å². The van der Waals surface area contributed by atoms with Crippen LogP contribution >= 0.6 is 15.9 Å². The highest BCUT2D eigenvalue weighted by atomic mass is 79.9. The van der Waals surface area contributed by atoms with Gasteiger partial charge in [-0.15, -0.1) is 0 Å². The molecule has 0 radical (unpaired) electrons. The Balaban J connectivity index is 1.91. The molecule has 0 fully saturated rings. The molecule has 0 amide bonds. The highest BCUT2D eigenvalue weighted by molar-refractivity contribution is 9.10. The second-order valence-corrected chi connectivity index (χ2v) is 5.02. The number of hydrogen-bond donors (Lipinski definition) is 0. The molecule has 5 heteroatoms. The van der Waals surface area contributed by atoms with E-state index in [9.17, 15) is 8.78 Å². The van der Waals surface area contributed by atoms with E-state index in [1.165, 1.54) is 6.07 Å². The van der Waals surface area contributed by atoms with Crippen LogP contribution in [0.3, 0.4) is 0 Å². The summed E-state index contributed by atoms with van der Waals surface area (Å²) in [7, 11) is 0. The molecule has 0 aromatic heterocycles. The highest BCUT2D eigenvalue weighted by Gasteiger charge is 2.17. The summed E-state index contributed by atoms with van der Waals surface area (Å²) in [5.74, 6) is -0.193. The molecule has 0 spiro atoms. The van der Waals surface area contributed by atoms with Gasteiger partial charge in [-0.1, -0.05) is 0 Å². The summed E-state index contributed by atoms with van der Waals surface area (Å²) >= 11 is 3.40. The van der Waals surface area contributed by atoms with Crippen molar-refractivity contribution < 1.29 is 18.3 Å². The molecule has 98 valence electrons. The van der Waals surface area contributed by atoms with Crippen molar-refractivity contribution in [2.45, 2.75) is 6.42 Å². The zero-order chi connectivity index (χ0) is 13.4. The molecular formula is C14H9BrF2O2. The summed E-state index contributed by atoms with van der Waals surface area (Å²) < 4.78 is 37.7. The standard InChI is InChI=1S/C14H9BrF2O2/c15-11-6-10(5-8-3-4-18-14(8)11)19-9-1-2-12(16)13(17)7-9/h1-2,5-7H,3-4H2. The number of halogens is 3. The van der Waals surface area contributed by atoms with Gasteiger partial charge in [-0.2, -0.15) is 0 Å². The monoisotopic (exact) mass is 326 g/mol. The Morgan fingerprint density at radius 1 is 1.05 bits per heavy atom. The zero-order valence-corrected chi connectivity index (χ0v) is 11.3. The van der Waals surface area contributed by atoms with Crippen LogP contribution in [0.4, 0.5) is 8.78 Å². The average Bonchev–Trinajstić information content (AvgIpc) is 2.82. The largest absolute Gasteiger partial charge is 0.492 e. The smallest absolute Gasteiger partial charge is 0.162 e. The first-order valence-electron chi connectivity index (χ1n) is 5.71. The Morgan fingerprint density at radius 3 is 2.68 bits per heavy atom. The normalized spacial score (nSPS) is 13.0. The fourth-order valence-electron chi connectivity index (χ4n) is 1.97. The molecule has 0 N–H and O–H groups in total. The Bertz CT molecular complexity index is 644. The summed E-state index contributed by atoms with van der Waals surface area (Å²) in [6.07, 6.45) is 0.808. The van der Waals surface area contributed by atoms with Gasteiger partial charge in [0, 0.05) is 18.1 Å². The number of hydrogen-bond acceptors (Lipinski definition) is 2. The molecule has 0 aliphatic carbocycles. The van der Waals surface area contributed by atoms with E-state index in [0.29, 0.717) is 12.4 Å². The minimum atomic E-state index is -0.930. The lowest BCUT2D eigenvalue weighted by Crippen LogP contribution is -1.89. The molecule has 3 rings (SSSR count). The van der Waals surface area contributed by atoms with E-state index >= 15 is 0 Å². The van der Waals surface area contributed by atoms with Crippen molar-refractivity contribution in [2.24, 2.45) is 0 Å². The summed E-state index contributed by atoms with van der Waals surface area (Å²) in [6.45, 7) is 0.641. The van der Waals surface area contributed by atoms with Gasteiger partial charge < -0.3 is 9.47 Å². The van der Waals surface area contributed by atoms with Crippen LogP contribution in [0.25, 0.3) is 0 Å². The summed E-state index contributed by atoms with van der Waals surface area (Å²) in [4.78, 5) is 0. The first kappa shape index (κ1) is 12.4. The second kappa shape index (κ2) is 4.81. The van der Waals surface area contributed by atoms with Gasteiger partial charge in [0.05, 0.1) is 11.1 Å². The van der Waals surface area contributed by atoms with Gasteiger partial charge in [-0.3, -0.25) is 0 Å². The van der Waals surface area contributed by atoms with Crippen LogP contribution in [0.2, 0.25) is 0 Å². The molecule has 0 bridgehead atoms. The lowest BCUT2D eigenvalue weighted by Gasteiger charge is -2.09. The third kappa shape index (κ3) is 2.42. The van der Waals surface area contributed by atoms with Gasteiger partial charge in [-0.25, -0.2) is 8.78 Å². The van der Waals surface area contributed by atoms with E-state index in [4.69, 9.17) is 9.47 Å². The molecule has 2 nitrogen and oxygen atoms in total. The lowest BCUT2D eigenvalue weighted by molar-refractivity contribution is 0.354. The number of rotatable bonds is 2. The number of ether oxygens (including phenoxy) is 2. The fraction of sp³-hybridized carbons (Fsp3) is 0.143. The van der Waals surface area contributed by atoms with Crippen molar-refractivity contribution in [1.82, 2.24) is 0 Å².